The van der Waals surface area contributed by atoms with Crippen molar-refractivity contribution in [3.05, 3.63) is 54.2 Å². The van der Waals surface area contributed by atoms with E-state index in [2.05, 4.69) is 24.2 Å². The number of nitrogen functional groups attached to an aromatic ring is 1. The Morgan fingerprint density at radius 3 is 2.72 bits per heavy atom. The first kappa shape index (κ1) is 12.5. The van der Waals surface area contributed by atoms with E-state index < -0.39 is 0 Å². The molecule has 0 saturated carbocycles. The van der Waals surface area contributed by atoms with Gasteiger partial charge in [-0.15, -0.1) is 12.4 Å². The molecule has 2 N–H and O–H groups in total. The predicted molar refractivity (Wildman–Crippen MR) is 77.5 cm³/mol. The Hall–Kier alpha value is -2.00. The molecule has 0 atom stereocenters. The highest BCUT2D eigenvalue weighted by Gasteiger charge is 2.04. The number of hydrogen-bond acceptors (Lipinski definition) is 2. The topological polar surface area (TPSA) is 43.8 Å². The van der Waals surface area contributed by atoms with Crippen LogP contribution in [0.5, 0.6) is 0 Å². The van der Waals surface area contributed by atoms with Gasteiger partial charge in [-0.05, 0) is 42.8 Å². The summed E-state index contributed by atoms with van der Waals surface area (Å²) in [6, 6.07) is 14.1. The van der Waals surface area contributed by atoms with Crippen LogP contribution >= 0.6 is 12.4 Å². The molecule has 3 aromatic rings. The summed E-state index contributed by atoms with van der Waals surface area (Å²) in [5.74, 6) is 0. The second-order valence-corrected chi connectivity index (χ2v) is 4.21. The summed E-state index contributed by atoms with van der Waals surface area (Å²) in [4.78, 5) is 0. The third-order valence-corrected chi connectivity index (χ3v) is 2.84. The first-order chi connectivity index (χ1) is 8.24. The van der Waals surface area contributed by atoms with E-state index in [-0.39, 0.29) is 12.4 Å². The van der Waals surface area contributed by atoms with Crippen LogP contribution in [0.2, 0.25) is 0 Å². The monoisotopic (exact) mass is 259 g/mol. The molecule has 4 heteroatoms. The molecule has 0 unspecified atom stereocenters. The van der Waals surface area contributed by atoms with E-state index in [1.807, 2.05) is 41.2 Å². The Bertz CT molecular complexity index is 688. The third kappa shape index (κ3) is 2.05. The normalized spacial score (nSPS) is 10.3. The second-order valence-electron chi connectivity index (χ2n) is 4.21. The standard InChI is InChI=1S/C14H13N3.ClH/c1-10-3-2-4-13(7-10)17-14-8-12(15)6-5-11(14)9-16-17;/h2-9H,15H2,1H3;1H. The fourth-order valence-electron chi connectivity index (χ4n) is 2.00. The molecule has 3 rings (SSSR count). The van der Waals surface area contributed by atoms with E-state index in [4.69, 9.17) is 5.73 Å². The lowest BCUT2D eigenvalue weighted by Gasteiger charge is -2.04. The Labute approximate surface area is 112 Å². The molecule has 1 heterocycles. The Balaban J connectivity index is 0.00000120. The largest absolute Gasteiger partial charge is 0.399 e. The number of benzene rings is 2. The number of nitrogens with zero attached hydrogens (tertiary/aromatic N) is 2. The lowest BCUT2D eigenvalue weighted by Crippen LogP contribution is -1.96. The smallest absolute Gasteiger partial charge is 0.0761 e. The zero-order valence-corrected chi connectivity index (χ0v) is 10.8. The summed E-state index contributed by atoms with van der Waals surface area (Å²) in [6.07, 6.45) is 1.86. The van der Waals surface area contributed by atoms with Crippen molar-refractivity contribution in [2.45, 2.75) is 6.92 Å². The highest BCUT2D eigenvalue weighted by molar-refractivity contribution is 5.85. The molecule has 18 heavy (non-hydrogen) atoms. The minimum absolute atomic E-state index is 0. The van der Waals surface area contributed by atoms with Crippen LogP contribution in [0.25, 0.3) is 16.6 Å². The van der Waals surface area contributed by atoms with Gasteiger partial charge in [0.2, 0.25) is 0 Å². The summed E-state index contributed by atoms with van der Waals surface area (Å²) in [6.45, 7) is 2.07. The van der Waals surface area contributed by atoms with Crippen molar-refractivity contribution in [1.29, 1.82) is 0 Å². The molecule has 0 saturated heterocycles. The number of anilines is 1. The van der Waals surface area contributed by atoms with Crippen LogP contribution in [-0.4, -0.2) is 9.78 Å². The lowest BCUT2D eigenvalue weighted by molar-refractivity contribution is 0.909. The Kier molecular flexibility index (Phi) is 3.26. The minimum atomic E-state index is 0. The molecule has 0 bridgehead atoms. The zero-order chi connectivity index (χ0) is 11.8. The van der Waals surface area contributed by atoms with Crippen molar-refractivity contribution in [3.8, 4) is 5.69 Å². The molecule has 1 aromatic heterocycles. The molecule has 3 nitrogen and oxygen atoms in total. The number of nitrogens with two attached hydrogens (primary N) is 1. The summed E-state index contributed by atoms with van der Waals surface area (Å²) < 4.78 is 1.92. The van der Waals surface area contributed by atoms with Crippen LogP contribution in [-0.2, 0) is 0 Å². The number of rotatable bonds is 1. The number of fused-ring (bicyclic) bond motifs is 1. The third-order valence-electron chi connectivity index (χ3n) is 2.84. The van der Waals surface area contributed by atoms with Gasteiger partial charge in [0.25, 0.3) is 0 Å². The summed E-state index contributed by atoms with van der Waals surface area (Å²) >= 11 is 0. The Morgan fingerprint density at radius 1 is 1.11 bits per heavy atom. The molecule has 0 spiro atoms. The van der Waals surface area contributed by atoms with Crippen molar-refractivity contribution in [3.63, 3.8) is 0 Å². The molecular weight excluding hydrogens is 246 g/mol. The molecule has 2 aromatic carbocycles. The van der Waals surface area contributed by atoms with Gasteiger partial charge in [-0.25, -0.2) is 4.68 Å². The van der Waals surface area contributed by atoms with E-state index in [9.17, 15) is 0 Å². The lowest BCUT2D eigenvalue weighted by atomic mass is 10.2. The van der Waals surface area contributed by atoms with Crippen molar-refractivity contribution >= 4 is 29.0 Å². The summed E-state index contributed by atoms with van der Waals surface area (Å²) in [7, 11) is 0. The van der Waals surface area contributed by atoms with Crippen molar-refractivity contribution in [2.75, 3.05) is 5.73 Å². The van der Waals surface area contributed by atoms with Gasteiger partial charge in [-0.2, -0.15) is 5.10 Å². The maximum Gasteiger partial charge on any atom is 0.0761 e. The second kappa shape index (κ2) is 4.70. The number of hydrogen-bond donors (Lipinski definition) is 1. The van der Waals surface area contributed by atoms with Crippen LogP contribution in [0.4, 0.5) is 5.69 Å². The molecule has 0 aliphatic carbocycles. The maximum absolute atomic E-state index is 5.82. The van der Waals surface area contributed by atoms with E-state index >= 15 is 0 Å². The summed E-state index contributed by atoms with van der Waals surface area (Å²) in [5, 5.41) is 5.51. The minimum Gasteiger partial charge on any atom is -0.399 e. The predicted octanol–water partition coefficient (Wildman–Crippen LogP) is 3.34. The van der Waals surface area contributed by atoms with Gasteiger partial charge in [0.1, 0.15) is 0 Å². The van der Waals surface area contributed by atoms with Crippen LogP contribution in [0, 0.1) is 6.92 Å². The quantitative estimate of drug-likeness (QED) is 0.681. The Morgan fingerprint density at radius 2 is 1.94 bits per heavy atom. The molecule has 0 aliphatic rings. The first-order valence-electron chi connectivity index (χ1n) is 5.54. The van der Waals surface area contributed by atoms with Crippen molar-refractivity contribution in [1.82, 2.24) is 9.78 Å². The first-order valence-corrected chi connectivity index (χ1v) is 5.54. The van der Waals surface area contributed by atoms with Gasteiger partial charge in [0, 0.05) is 11.1 Å². The van der Waals surface area contributed by atoms with E-state index in [0.29, 0.717) is 0 Å². The van der Waals surface area contributed by atoms with Gasteiger partial charge in [-0.1, -0.05) is 12.1 Å². The number of aryl methyl sites for hydroxylation is 1. The van der Waals surface area contributed by atoms with Crippen LogP contribution in [0.1, 0.15) is 5.56 Å². The molecule has 0 aliphatic heterocycles. The zero-order valence-electron chi connectivity index (χ0n) is 10.00. The molecule has 0 fully saturated rings. The molecular formula is C14H14ClN3. The summed E-state index contributed by atoms with van der Waals surface area (Å²) in [5.41, 5.74) is 9.89. The van der Waals surface area contributed by atoms with Gasteiger partial charge >= 0.3 is 0 Å². The highest BCUT2D eigenvalue weighted by atomic mass is 35.5. The average molecular weight is 260 g/mol. The van der Waals surface area contributed by atoms with Gasteiger partial charge in [-0.3, -0.25) is 0 Å². The van der Waals surface area contributed by atoms with Gasteiger partial charge in [0.15, 0.2) is 0 Å². The van der Waals surface area contributed by atoms with Crippen LogP contribution in [0.15, 0.2) is 48.7 Å². The average Bonchev–Trinajstić information content (AvgIpc) is 2.71. The number of halogens is 1. The highest BCUT2D eigenvalue weighted by Crippen LogP contribution is 2.21. The van der Waals surface area contributed by atoms with E-state index in [1.54, 1.807) is 0 Å². The van der Waals surface area contributed by atoms with Gasteiger partial charge < -0.3 is 5.73 Å². The van der Waals surface area contributed by atoms with E-state index in [0.717, 1.165) is 22.3 Å². The van der Waals surface area contributed by atoms with Crippen molar-refractivity contribution in [2.24, 2.45) is 0 Å². The van der Waals surface area contributed by atoms with Gasteiger partial charge in [0.05, 0.1) is 17.4 Å². The number of aromatic nitrogens is 2. The molecule has 0 radical (unpaired) electrons. The molecule has 92 valence electrons. The maximum atomic E-state index is 5.82. The SMILES string of the molecule is Cc1cccc(-n2ncc3ccc(N)cc32)c1.Cl. The van der Waals surface area contributed by atoms with Crippen LogP contribution in [0.3, 0.4) is 0 Å². The van der Waals surface area contributed by atoms with E-state index in [1.165, 1.54) is 5.56 Å². The molecule has 0 amide bonds. The van der Waals surface area contributed by atoms with Crippen LogP contribution < -0.4 is 5.73 Å². The fourth-order valence-corrected chi connectivity index (χ4v) is 2.00. The fraction of sp³-hybridized carbons (Fsp3) is 0.0714. The van der Waals surface area contributed by atoms with Crippen molar-refractivity contribution < 1.29 is 0 Å².